The molecule has 1 unspecified atom stereocenters. The Hall–Kier alpha value is -1.01. The largest absolute Gasteiger partial charge is 0.380 e. The first kappa shape index (κ1) is 22.0. The maximum absolute atomic E-state index is 11.9. The minimum atomic E-state index is -0.186. The van der Waals surface area contributed by atoms with Crippen LogP contribution in [0.15, 0.2) is 30.3 Å². The number of nitrogens with zero attached hydrogens (tertiary/aromatic N) is 1. The summed E-state index contributed by atoms with van der Waals surface area (Å²) >= 11 is 0. The first-order valence-electron chi connectivity index (χ1n) is 7.55. The van der Waals surface area contributed by atoms with Gasteiger partial charge in [0.2, 0.25) is 5.91 Å². The van der Waals surface area contributed by atoms with Gasteiger partial charge in [-0.1, -0.05) is 18.2 Å². The molecule has 1 atom stereocenters. The van der Waals surface area contributed by atoms with Crippen molar-refractivity contribution in [2.45, 2.75) is 31.4 Å². The van der Waals surface area contributed by atoms with Crippen LogP contribution in [-0.4, -0.2) is 44.8 Å². The van der Waals surface area contributed by atoms with Crippen molar-refractivity contribution in [3.8, 4) is 0 Å². The molecule has 1 amide bonds. The molecule has 1 saturated heterocycles. The number of hydrogen-bond acceptors (Lipinski definition) is 4. The number of nitrogens with one attached hydrogen (secondary N) is 1. The van der Waals surface area contributed by atoms with Crippen LogP contribution in [0.25, 0.3) is 0 Å². The molecule has 1 aromatic carbocycles. The van der Waals surface area contributed by atoms with E-state index in [0.29, 0.717) is 13.0 Å². The van der Waals surface area contributed by atoms with Crippen molar-refractivity contribution in [3.05, 3.63) is 30.3 Å². The number of hydrogen-bond donors (Lipinski definition) is 2. The normalized spacial score (nSPS) is 16.0. The Labute approximate surface area is 150 Å². The average Bonchev–Trinajstić information content (AvgIpc) is 2.54. The van der Waals surface area contributed by atoms with Gasteiger partial charge in [0, 0.05) is 38.5 Å². The summed E-state index contributed by atoms with van der Waals surface area (Å²) < 4.78 is 5.14. The van der Waals surface area contributed by atoms with Gasteiger partial charge in [-0.15, -0.1) is 24.8 Å². The summed E-state index contributed by atoms with van der Waals surface area (Å²) in [6, 6.07) is 10.7. The number of para-hydroxylation sites is 1. The van der Waals surface area contributed by atoms with E-state index in [1.807, 2.05) is 6.07 Å². The van der Waals surface area contributed by atoms with E-state index in [1.165, 1.54) is 5.69 Å². The number of methoxy groups -OCH3 is 1. The Kier molecular flexibility index (Phi) is 11.0. The van der Waals surface area contributed by atoms with Crippen molar-refractivity contribution in [1.82, 2.24) is 5.32 Å². The minimum absolute atomic E-state index is 0. The lowest BCUT2D eigenvalue weighted by molar-refractivity contribution is -0.124. The summed E-state index contributed by atoms with van der Waals surface area (Å²) in [5.74, 6) is 0.0328. The predicted molar refractivity (Wildman–Crippen MR) is 98.8 cm³/mol. The third kappa shape index (κ3) is 6.96. The number of benzene rings is 1. The molecule has 23 heavy (non-hydrogen) atoms. The van der Waals surface area contributed by atoms with Crippen LogP contribution in [0.5, 0.6) is 0 Å². The van der Waals surface area contributed by atoms with Gasteiger partial charge in [-0.3, -0.25) is 4.79 Å². The van der Waals surface area contributed by atoms with Crippen molar-refractivity contribution in [2.24, 2.45) is 5.73 Å². The van der Waals surface area contributed by atoms with Crippen molar-refractivity contribution < 1.29 is 9.53 Å². The van der Waals surface area contributed by atoms with E-state index >= 15 is 0 Å². The van der Waals surface area contributed by atoms with Crippen molar-refractivity contribution in [3.63, 3.8) is 0 Å². The molecule has 0 radical (unpaired) electrons. The number of nitrogens with two attached hydrogens (primary N) is 1. The highest BCUT2D eigenvalue weighted by molar-refractivity contribution is 5.85. The number of halogens is 2. The van der Waals surface area contributed by atoms with Crippen LogP contribution in [0, 0.1) is 0 Å². The van der Waals surface area contributed by atoms with Crippen molar-refractivity contribution in [1.29, 1.82) is 0 Å². The molecular weight excluding hydrogens is 337 g/mol. The molecule has 1 aliphatic rings. The average molecular weight is 364 g/mol. The van der Waals surface area contributed by atoms with E-state index in [1.54, 1.807) is 7.11 Å². The SMILES string of the molecule is COC(CN)CC(=O)NC1CCN(c2ccccc2)CC1.Cl.Cl. The van der Waals surface area contributed by atoms with Crippen LogP contribution in [0.1, 0.15) is 19.3 Å². The smallest absolute Gasteiger partial charge is 0.222 e. The molecule has 0 saturated carbocycles. The molecule has 1 aromatic rings. The zero-order valence-electron chi connectivity index (χ0n) is 13.4. The van der Waals surface area contributed by atoms with E-state index in [9.17, 15) is 4.79 Å². The maximum atomic E-state index is 11.9. The summed E-state index contributed by atoms with van der Waals surface area (Å²) in [6.07, 6.45) is 2.10. The fourth-order valence-electron chi connectivity index (χ4n) is 2.68. The van der Waals surface area contributed by atoms with Gasteiger partial charge in [0.25, 0.3) is 0 Å². The lowest BCUT2D eigenvalue weighted by Gasteiger charge is -2.34. The number of ether oxygens (including phenoxy) is 1. The lowest BCUT2D eigenvalue weighted by Crippen LogP contribution is -2.45. The quantitative estimate of drug-likeness (QED) is 0.810. The summed E-state index contributed by atoms with van der Waals surface area (Å²) in [5.41, 5.74) is 6.79. The number of rotatable bonds is 6. The van der Waals surface area contributed by atoms with E-state index in [4.69, 9.17) is 10.5 Å². The number of piperidine rings is 1. The maximum Gasteiger partial charge on any atom is 0.222 e. The Morgan fingerprint density at radius 1 is 1.30 bits per heavy atom. The minimum Gasteiger partial charge on any atom is -0.380 e. The number of amides is 1. The summed E-state index contributed by atoms with van der Waals surface area (Å²) in [7, 11) is 1.59. The highest BCUT2D eigenvalue weighted by Crippen LogP contribution is 2.19. The van der Waals surface area contributed by atoms with Crippen LogP contribution in [0.4, 0.5) is 5.69 Å². The van der Waals surface area contributed by atoms with Gasteiger partial charge in [-0.05, 0) is 25.0 Å². The second-order valence-electron chi connectivity index (χ2n) is 5.46. The van der Waals surface area contributed by atoms with Crippen LogP contribution < -0.4 is 16.0 Å². The Morgan fingerprint density at radius 3 is 2.43 bits per heavy atom. The Balaban J connectivity index is 0.00000242. The summed E-state index contributed by atoms with van der Waals surface area (Å²) in [5, 5.41) is 3.09. The summed E-state index contributed by atoms with van der Waals surface area (Å²) in [4.78, 5) is 14.3. The Bertz CT molecular complexity index is 436. The zero-order valence-corrected chi connectivity index (χ0v) is 15.1. The Morgan fingerprint density at radius 2 is 1.91 bits per heavy atom. The molecule has 3 N–H and O–H groups in total. The molecule has 1 fully saturated rings. The monoisotopic (exact) mass is 363 g/mol. The predicted octanol–water partition coefficient (Wildman–Crippen LogP) is 1.98. The van der Waals surface area contributed by atoms with E-state index < -0.39 is 0 Å². The first-order chi connectivity index (χ1) is 10.2. The van der Waals surface area contributed by atoms with Crippen LogP contribution in [0.3, 0.4) is 0 Å². The molecule has 0 aliphatic carbocycles. The van der Waals surface area contributed by atoms with Crippen LogP contribution in [-0.2, 0) is 9.53 Å². The van der Waals surface area contributed by atoms with Gasteiger partial charge in [-0.25, -0.2) is 0 Å². The second kappa shape index (κ2) is 11.5. The molecule has 1 aliphatic heterocycles. The second-order valence-corrected chi connectivity index (χ2v) is 5.46. The number of carbonyl (C=O) groups excluding carboxylic acids is 1. The van der Waals surface area contributed by atoms with Crippen molar-refractivity contribution in [2.75, 3.05) is 31.6 Å². The zero-order chi connectivity index (χ0) is 15.1. The van der Waals surface area contributed by atoms with E-state index in [-0.39, 0.29) is 42.9 Å². The number of anilines is 1. The highest BCUT2D eigenvalue weighted by atomic mass is 35.5. The number of carbonyl (C=O) groups is 1. The summed E-state index contributed by atoms with van der Waals surface area (Å²) in [6.45, 7) is 2.31. The van der Waals surface area contributed by atoms with Crippen LogP contribution in [0.2, 0.25) is 0 Å². The highest BCUT2D eigenvalue weighted by Gasteiger charge is 2.21. The fraction of sp³-hybridized carbons (Fsp3) is 0.562. The molecule has 7 heteroatoms. The van der Waals surface area contributed by atoms with Gasteiger partial charge in [0.15, 0.2) is 0 Å². The van der Waals surface area contributed by atoms with Crippen molar-refractivity contribution >= 4 is 36.4 Å². The molecule has 0 spiro atoms. The fourth-order valence-corrected chi connectivity index (χ4v) is 2.68. The molecule has 1 heterocycles. The third-order valence-electron chi connectivity index (χ3n) is 3.99. The standard InChI is InChI=1S/C16H25N3O2.2ClH/c1-21-15(12-17)11-16(20)18-13-7-9-19(10-8-13)14-5-3-2-4-6-14;;/h2-6,13,15H,7-12,17H2,1H3,(H,18,20);2*1H. The van der Waals surface area contributed by atoms with E-state index in [2.05, 4.69) is 34.5 Å². The van der Waals surface area contributed by atoms with Gasteiger partial charge in [0.1, 0.15) is 0 Å². The van der Waals surface area contributed by atoms with Gasteiger partial charge in [0.05, 0.1) is 12.5 Å². The lowest BCUT2D eigenvalue weighted by atomic mass is 10.0. The van der Waals surface area contributed by atoms with Gasteiger partial charge in [-0.2, -0.15) is 0 Å². The van der Waals surface area contributed by atoms with Gasteiger partial charge >= 0.3 is 0 Å². The third-order valence-corrected chi connectivity index (χ3v) is 3.99. The molecular formula is C16H27Cl2N3O2. The molecule has 2 rings (SSSR count). The van der Waals surface area contributed by atoms with Gasteiger partial charge < -0.3 is 20.7 Å². The molecule has 5 nitrogen and oxygen atoms in total. The first-order valence-corrected chi connectivity index (χ1v) is 7.55. The molecule has 0 aromatic heterocycles. The van der Waals surface area contributed by atoms with E-state index in [0.717, 1.165) is 25.9 Å². The topological polar surface area (TPSA) is 67.6 Å². The molecule has 0 bridgehead atoms. The van der Waals surface area contributed by atoms with Crippen LogP contribution >= 0.6 is 24.8 Å². The molecule has 132 valence electrons.